The molecule has 164 valence electrons. The quantitative estimate of drug-likeness (QED) is 0.339. The number of rotatable bonds is 8. The number of aryl methyl sites for hydroxylation is 1. The Kier molecular flexibility index (Phi) is 5.95. The summed E-state index contributed by atoms with van der Waals surface area (Å²) >= 11 is 2.66. The number of carboxylic acids is 1. The molecule has 2 aliphatic rings. The molecule has 2 unspecified atom stereocenters. The van der Waals surface area contributed by atoms with Crippen molar-refractivity contribution in [2.45, 2.75) is 48.5 Å². The van der Waals surface area contributed by atoms with Gasteiger partial charge in [-0.15, -0.1) is 16.9 Å². The number of tetrazole rings is 1. The lowest BCUT2D eigenvalue weighted by atomic mass is 10.0. The molecular formula is C16H18N8O5S2. The van der Waals surface area contributed by atoms with E-state index >= 15 is 0 Å². The first-order chi connectivity index (χ1) is 14.9. The number of nitrogens with zero attached hydrogens (tertiary/aromatic N) is 6. The average Bonchev–Trinajstić information content (AvgIpc) is 3.42. The van der Waals surface area contributed by atoms with E-state index in [1.807, 2.05) is 13.8 Å². The van der Waals surface area contributed by atoms with Gasteiger partial charge in [0.1, 0.15) is 17.1 Å². The normalized spacial score (nSPS) is 21.5. The van der Waals surface area contributed by atoms with E-state index in [1.165, 1.54) is 28.4 Å². The zero-order valence-corrected chi connectivity index (χ0v) is 18.1. The van der Waals surface area contributed by atoms with Crippen LogP contribution in [-0.4, -0.2) is 81.0 Å². The Morgan fingerprint density at radius 2 is 2.29 bits per heavy atom. The number of hydrogen-bond donors (Lipinski definition) is 3. The van der Waals surface area contributed by atoms with Crippen molar-refractivity contribution in [2.24, 2.45) is 0 Å². The molecular weight excluding hydrogens is 448 g/mol. The van der Waals surface area contributed by atoms with Crippen LogP contribution in [0.4, 0.5) is 0 Å². The number of thioether (sulfide) groups is 2. The Bertz CT molecular complexity index is 1040. The van der Waals surface area contributed by atoms with Gasteiger partial charge in [0.25, 0.3) is 5.91 Å². The van der Waals surface area contributed by atoms with Crippen LogP contribution in [0.3, 0.4) is 0 Å². The van der Waals surface area contributed by atoms with Gasteiger partial charge in [0, 0.05) is 17.4 Å². The number of carboxylic acid groups (broad SMARTS) is 1. The number of nitrogens with one attached hydrogen (secondary N) is 2. The van der Waals surface area contributed by atoms with Crippen molar-refractivity contribution < 1.29 is 24.0 Å². The van der Waals surface area contributed by atoms with Gasteiger partial charge >= 0.3 is 5.97 Å². The largest absolute Gasteiger partial charge is 0.477 e. The van der Waals surface area contributed by atoms with Crippen molar-refractivity contribution in [3.63, 3.8) is 0 Å². The molecule has 0 saturated carbocycles. The number of fused-ring (bicyclic) bond motifs is 1. The van der Waals surface area contributed by atoms with E-state index in [4.69, 9.17) is 4.52 Å². The molecule has 31 heavy (non-hydrogen) atoms. The molecule has 1 fully saturated rings. The third-order valence-electron chi connectivity index (χ3n) is 4.75. The van der Waals surface area contributed by atoms with Crippen LogP contribution in [0.25, 0.3) is 0 Å². The zero-order chi connectivity index (χ0) is 22.1. The molecule has 0 spiro atoms. The van der Waals surface area contributed by atoms with E-state index < -0.39 is 29.2 Å². The number of carbonyl (C=O) groups is 3. The van der Waals surface area contributed by atoms with Gasteiger partial charge in [-0.2, -0.15) is 4.98 Å². The fourth-order valence-corrected chi connectivity index (χ4v) is 5.69. The molecule has 2 aromatic heterocycles. The first-order valence-corrected chi connectivity index (χ1v) is 11.2. The third kappa shape index (κ3) is 4.14. The molecule has 0 aliphatic carbocycles. The van der Waals surface area contributed by atoms with Crippen molar-refractivity contribution in [2.75, 3.05) is 5.75 Å². The van der Waals surface area contributed by atoms with Gasteiger partial charge in [-0.05, 0) is 22.9 Å². The maximum absolute atomic E-state index is 12.7. The number of H-pyrrole nitrogens is 1. The molecule has 13 nitrogen and oxygen atoms in total. The van der Waals surface area contributed by atoms with Gasteiger partial charge in [0.15, 0.2) is 5.82 Å². The van der Waals surface area contributed by atoms with Gasteiger partial charge in [0.2, 0.25) is 17.0 Å². The van der Waals surface area contributed by atoms with Crippen molar-refractivity contribution in [3.05, 3.63) is 23.0 Å². The Hall–Kier alpha value is -2.94. The number of hydrogen-bond acceptors (Lipinski definition) is 11. The third-order valence-corrected chi connectivity index (χ3v) is 7.09. The molecule has 0 radical (unpaired) electrons. The summed E-state index contributed by atoms with van der Waals surface area (Å²) in [5.74, 6) is -1.05. The van der Waals surface area contributed by atoms with E-state index in [1.54, 1.807) is 0 Å². The Balaban J connectivity index is 1.45. The number of aromatic nitrogens is 6. The summed E-state index contributed by atoms with van der Waals surface area (Å²) in [5.41, 5.74) is 0.532. The lowest BCUT2D eigenvalue weighted by molar-refractivity contribution is -0.150. The summed E-state index contributed by atoms with van der Waals surface area (Å²) in [4.78, 5) is 42.4. The Morgan fingerprint density at radius 3 is 2.94 bits per heavy atom. The van der Waals surface area contributed by atoms with Crippen LogP contribution in [0.5, 0.6) is 0 Å². The fraction of sp³-hybridized carbons (Fsp3) is 0.500. The highest BCUT2D eigenvalue weighted by Gasteiger charge is 2.54. The predicted molar refractivity (Wildman–Crippen MR) is 107 cm³/mol. The molecule has 4 rings (SSSR count). The van der Waals surface area contributed by atoms with Crippen LogP contribution in [0.15, 0.2) is 20.9 Å². The number of β-lactam (4-membered cyclic amide) rings is 1. The van der Waals surface area contributed by atoms with E-state index in [0.717, 1.165) is 0 Å². The first-order valence-electron chi connectivity index (χ1n) is 9.31. The molecule has 0 bridgehead atoms. The van der Waals surface area contributed by atoms with Crippen LogP contribution >= 0.6 is 23.5 Å². The fourth-order valence-electron chi connectivity index (χ4n) is 3.27. The summed E-state index contributed by atoms with van der Waals surface area (Å²) in [6.07, 6.45) is 0.427. The second-order valence-corrected chi connectivity index (χ2v) is 9.17. The van der Waals surface area contributed by atoms with Crippen LogP contribution in [0.1, 0.15) is 25.6 Å². The SMILES string of the molecule is CCc1nc(CC(=O)NC2C(=O)N3C(C(=O)O)=C(C(C)Sc4nnn[nH]4)CS[C@@H]23)no1. The van der Waals surface area contributed by atoms with E-state index in [0.29, 0.717) is 28.8 Å². The minimum Gasteiger partial charge on any atom is -0.477 e. The highest BCUT2D eigenvalue weighted by molar-refractivity contribution is 8.01. The van der Waals surface area contributed by atoms with Gasteiger partial charge in [-0.3, -0.25) is 14.5 Å². The minimum atomic E-state index is -1.19. The molecule has 2 aliphatic heterocycles. The minimum absolute atomic E-state index is 0.0579. The number of amides is 2. The maximum atomic E-state index is 12.7. The second-order valence-electron chi connectivity index (χ2n) is 6.74. The Labute approximate surface area is 183 Å². The smallest absolute Gasteiger partial charge is 0.352 e. The van der Waals surface area contributed by atoms with Crippen LogP contribution < -0.4 is 5.32 Å². The topological polar surface area (TPSA) is 180 Å². The molecule has 1 saturated heterocycles. The standard InChI is InChI=1S/C16H18N8O5S2/c1-3-10-17-8(21-29-10)4-9(25)18-11-13(26)24-12(15(27)28)7(5-30-14(11)24)6(2)31-16-19-22-23-20-16/h6,11,14H,3-5H2,1-2H3,(H,18,25)(H,27,28)(H,19,20,22,23)/t6?,11?,14-/m0/s1. The lowest BCUT2D eigenvalue weighted by Gasteiger charge is -2.50. The molecule has 3 N–H and O–H groups in total. The zero-order valence-electron chi connectivity index (χ0n) is 16.4. The second kappa shape index (κ2) is 8.66. The first kappa shape index (κ1) is 21.3. The van der Waals surface area contributed by atoms with Crippen molar-refractivity contribution >= 4 is 41.3 Å². The summed E-state index contributed by atoms with van der Waals surface area (Å²) < 4.78 is 4.97. The van der Waals surface area contributed by atoms with Crippen molar-refractivity contribution in [1.29, 1.82) is 0 Å². The summed E-state index contributed by atoms with van der Waals surface area (Å²) in [6, 6.07) is -0.813. The molecule has 3 atom stereocenters. The van der Waals surface area contributed by atoms with Gasteiger partial charge in [-0.1, -0.05) is 23.8 Å². The lowest BCUT2D eigenvalue weighted by Crippen LogP contribution is -2.70. The molecule has 15 heteroatoms. The number of aliphatic carboxylic acids is 1. The van der Waals surface area contributed by atoms with Crippen LogP contribution in [0, 0.1) is 0 Å². The van der Waals surface area contributed by atoms with Gasteiger partial charge < -0.3 is 14.9 Å². The van der Waals surface area contributed by atoms with Gasteiger partial charge in [0.05, 0.1) is 6.42 Å². The summed E-state index contributed by atoms with van der Waals surface area (Å²) in [7, 11) is 0. The molecule has 4 heterocycles. The van der Waals surface area contributed by atoms with Gasteiger partial charge in [-0.25, -0.2) is 9.89 Å². The summed E-state index contributed by atoms with van der Waals surface area (Å²) in [5, 5.41) is 29.2. The van der Waals surface area contributed by atoms with Crippen molar-refractivity contribution in [3.8, 4) is 0 Å². The number of carbonyl (C=O) groups excluding carboxylic acids is 2. The monoisotopic (exact) mass is 466 g/mol. The maximum Gasteiger partial charge on any atom is 0.352 e. The van der Waals surface area contributed by atoms with E-state index in [2.05, 4.69) is 36.1 Å². The number of aromatic amines is 1. The van der Waals surface area contributed by atoms with Crippen LogP contribution in [-0.2, 0) is 27.2 Å². The summed E-state index contributed by atoms with van der Waals surface area (Å²) in [6.45, 7) is 3.67. The van der Waals surface area contributed by atoms with Crippen molar-refractivity contribution in [1.82, 2.24) is 41.0 Å². The molecule has 2 aromatic rings. The van der Waals surface area contributed by atoms with E-state index in [-0.39, 0.29) is 23.2 Å². The highest BCUT2D eigenvalue weighted by Crippen LogP contribution is 2.43. The predicted octanol–water partition coefficient (Wildman–Crippen LogP) is -0.393. The molecule has 0 aromatic carbocycles. The van der Waals surface area contributed by atoms with Crippen LogP contribution in [0.2, 0.25) is 0 Å². The molecule has 2 amide bonds. The van der Waals surface area contributed by atoms with E-state index in [9.17, 15) is 19.5 Å². The average molecular weight is 467 g/mol. The highest BCUT2D eigenvalue weighted by atomic mass is 32.2. The Morgan fingerprint density at radius 1 is 1.48 bits per heavy atom.